The van der Waals surface area contributed by atoms with E-state index in [1.165, 1.54) is 30.4 Å². The third kappa shape index (κ3) is 4.39. The predicted octanol–water partition coefficient (Wildman–Crippen LogP) is 4.74. The van der Waals surface area contributed by atoms with Crippen LogP contribution in [0.25, 0.3) is 0 Å². The number of ether oxygens (including phenoxy) is 1. The maximum absolute atomic E-state index is 13.1. The summed E-state index contributed by atoms with van der Waals surface area (Å²) in [4.78, 5) is 0. The molecule has 0 amide bonds. The minimum absolute atomic E-state index is 0.0470. The molecule has 0 saturated heterocycles. The van der Waals surface area contributed by atoms with E-state index in [9.17, 15) is 21.6 Å². The van der Waals surface area contributed by atoms with Gasteiger partial charge in [0.25, 0.3) is 0 Å². The van der Waals surface area contributed by atoms with Crippen molar-refractivity contribution in [2.75, 3.05) is 18.8 Å². The molecular formula is C20H19ClF3N2O3S+. The summed E-state index contributed by atoms with van der Waals surface area (Å²) in [6.07, 6.45) is -0.448. The van der Waals surface area contributed by atoms with E-state index in [2.05, 4.69) is 0 Å². The smallest absolute Gasteiger partial charge is 0.408 e. The van der Waals surface area contributed by atoms with E-state index >= 15 is 0 Å². The first-order valence-corrected chi connectivity index (χ1v) is 10.8. The van der Waals surface area contributed by atoms with Crippen molar-refractivity contribution in [1.82, 2.24) is 3.89 Å². The SMILES string of the molecule is NCC1=CC=CC[N+]1(c1ccc(Oc2ccccc2)c(Cl)c1)S(=O)(=O)CC(F)(F)F. The standard InChI is InChI=1S/C20H19ClF3N2O3S/c21-18-12-15(9-10-19(18)29-17-7-2-1-3-8-17)26(11-5-4-6-16(26)13-25)30(27,28)14-20(22,23)24/h1-10,12H,11,13-14,25H2/q+1. The van der Waals surface area contributed by atoms with Gasteiger partial charge in [-0.2, -0.15) is 25.5 Å². The number of nitrogens with two attached hydrogens (primary N) is 1. The molecule has 0 aliphatic carbocycles. The molecule has 0 radical (unpaired) electrons. The third-order valence-corrected chi connectivity index (χ3v) is 7.12. The molecule has 2 aromatic carbocycles. The Labute approximate surface area is 177 Å². The summed E-state index contributed by atoms with van der Waals surface area (Å²) in [6, 6.07) is 12.9. The van der Waals surface area contributed by atoms with Crippen LogP contribution in [0.5, 0.6) is 11.5 Å². The summed E-state index contributed by atoms with van der Waals surface area (Å²) >= 11 is 6.31. The first kappa shape index (κ1) is 22.4. The Morgan fingerprint density at radius 2 is 1.83 bits per heavy atom. The van der Waals surface area contributed by atoms with Crippen LogP contribution < -0.4 is 14.4 Å². The average molecular weight is 460 g/mol. The average Bonchev–Trinajstić information content (AvgIpc) is 2.68. The number of allylic oxidation sites excluding steroid dienone is 2. The molecular weight excluding hydrogens is 441 g/mol. The second kappa shape index (κ2) is 8.43. The van der Waals surface area contributed by atoms with E-state index < -0.39 is 25.8 Å². The minimum atomic E-state index is -4.91. The molecule has 5 nitrogen and oxygen atoms in total. The Bertz CT molecular complexity index is 1090. The van der Waals surface area contributed by atoms with Crippen LogP contribution in [-0.2, 0) is 10.0 Å². The topological polar surface area (TPSA) is 69.4 Å². The van der Waals surface area contributed by atoms with Crippen LogP contribution in [0.4, 0.5) is 18.9 Å². The second-order valence-electron chi connectivity index (χ2n) is 6.58. The van der Waals surface area contributed by atoms with Crippen molar-refractivity contribution in [3.8, 4) is 11.5 Å². The number of hydrogen-bond donors (Lipinski definition) is 1. The fourth-order valence-electron chi connectivity index (χ4n) is 3.30. The summed E-state index contributed by atoms with van der Waals surface area (Å²) in [5.41, 5.74) is 5.88. The number of benzene rings is 2. The van der Waals surface area contributed by atoms with Gasteiger partial charge in [-0.1, -0.05) is 35.9 Å². The van der Waals surface area contributed by atoms with Crippen LogP contribution in [0.2, 0.25) is 5.02 Å². The van der Waals surface area contributed by atoms with E-state index in [1.807, 2.05) is 6.07 Å². The fourth-order valence-corrected chi connectivity index (χ4v) is 5.38. The quantitative estimate of drug-likeness (QED) is 0.633. The molecule has 0 aromatic heterocycles. The number of quaternary nitrogens is 1. The van der Waals surface area contributed by atoms with Crippen LogP contribution in [0.1, 0.15) is 0 Å². The van der Waals surface area contributed by atoms with Crippen molar-refractivity contribution in [2.45, 2.75) is 6.18 Å². The van der Waals surface area contributed by atoms with Gasteiger partial charge in [-0.25, -0.2) is 0 Å². The highest BCUT2D eigenvalue weighted by Crippen LogP contribution is 2.41. The van der Waals surface area contributed by atoms with Gasteiger partial charge >= 0.3 is 16.2 Å². The molecule has 2 aromatic rings. The van der Waals surface area contributed by atoms with Crippen molar-refractivity contribution < 1.29 is 26.3 Å². The molecule has 0 fully saturated rings. The largest absolute Gasteiger partial charge is 0.456 e. The lowest BCUT2D eigenvalue weighted by Gasteiger charge is -2.38. The van der Waals surface area contributed by atoms with Crippen LogP contribution in [0, 0.1) is 0 Å². The van der Waals surface area contributed by atoms with Gasteiger partial charge in [0.15, 0.2) is 11.4 Å². The zero-order valence-electron chi connectivity index (χ0n) is 15.6. The maximum Gasteiger partial charge on any atom is 0.408 e. The zero-order valence-corrected chi connectivity index (χ0v) is 17.2. The number of para-hydroxylation sites is 1. The number of rotatable bonds is 6. The molecule has 1 heterocycles. The molecule has 1 aliphatic heterocycles. The fraction of sp³-hybridized carbons (Fsp3) is 0.200. The van der Waals surface area contributed by atoms with Crippen LogP contribution in [0.3, 0.4) is 0 Å². The van der Waals surface area contributed by atoms with Gasteiger partial charge in [-0.15, -0.1) is 0 Å². The lowest BCUT2D eigenvalue weighted by Crippen LogP contribution is -2.58. The molecule has 1 unspecified atom stereocenters. The van der Waals surface area contributed by atoms with Crippen molar-refractivity contribution in [2.24, 2.45) is 5.73 Å². The summed E-state index contributed by atoms with van der Waals surface area (Å²) < 4.78 is 70.0. The number of nitrogens with zero attached hydrogens (tertiary/aromatic N) is 1. The normalized spacial score (nSPS) is 19.4. The van der Waals surface area contributed by atoms with Gasteiger partial charge in [0.2, 0.25) is 0 Å². The lowest BCUT2D eigenvalue weighted by molar-refractivity contribution is -0.106. The molecule has 2 N–H and O–H groups in total. The highest BCUT2D eigenvalue weighted by atomic mass is 35.5. The lowest BCUT2D eigenvalue weighted by atomic mass is 10.2. The molecule has 0 spiro atoms. The van der Waals surface area contributed by atoms with E-state index in [1.54, 1.807) is 30.3 Å². The highest BCUT2D eigenvalue weighted by molar-refractivity contribution is 7.91. The molecule has 0 bridgehead atoms. The Morgan fingerprint density at radius 3 is 2.43 bits per heavy atom. The van der Waals surface area contributed by atoms with Crippen LogP contribution in [-0.4, -0.2) is 33.4 Å². The van der Waals surface area contributed by atoms with Crippen LogP contribution in [0.15, 0.2) is 72.5 Å². The van der Waals surface area contributed by atoms with Crippen molar-refractivity contribution >= 4 is 27.3 Å². The molecule has 3 rings (SSSR count). The van der Waals surface area contributed by atoms with Gasteiger partial charge in [-0.3, -0.25) is 0 Å². The van der Waals surface area contributed by atoms with E-state index in [0.29, 0.717) is 5.75 Å². The van der Waals surface area contributed by atoms with Gasteiger partial charge in [0.05, 0.1) is 11.6 Å². The molecule has 1 aliphatic rings. The summed E-state index contributed by atoms with van der Waals surface area (Å²) in [6.45, 7) is -0.488. The van der Waals surface area contributed by atoms with E-state index in [0.717, 1.165) is 0 Å². The van der Waals surface area contributed by atoms with Gasteiger partial charge in [0, 0.05) is 12.1 Å². The number of alkyl halides is 3. The molecule has 1 atom stereocenters. The Balaban J connectivity index is 2.10. The van der Waals surface area contributed by atoms with Crippen molar-refractivity contribution in [3.63, 3.8) is 0 Å². The maximum atomic E-state index is 13.1. The van der Waals surface area contributed by atoms with E-state index in [-0.39, 0.29) is 35.2 Å². The number of halogens is 4. The zero-order chi connectivity index (χ0) is 22.0. The monoisotopic (exact) mass is 459 g/mol. The number of hydrogen-bond acceptors (Lipinski definition) is 4. The van der Waals surface area contributed by atoms with Gasteiger partial charge in [-0.05, 0) is 30.4 Å². The molecule has 30 heavy (non-hydrogen) atoms. The molecule has 10 heteroatoms. The van der Waals surface area contributed by atoms with Gasteiger partial charge < -0.3 is 10.5 Å². The van der Waals surface area contributed by atoms with Crippen molar-refractivity contribution in [3.05, 3.63) is 77.5 Å². The Morgan fingerprint density at radius 1 is 1.13 bits per heavy atom. The predicted molar refractivity (Wildman–Crippen MR) is 111 cm³/mol. The molecule has 0 saturated carbocycles. The van der Waals surface area contributed by atoms with Crippen LogP contribution >= 0.6 is 11.6 Å². The van der Waals surface area contributed by atoms with E-state index in [4.69, 9.17) is 22.1 Å². The highest BCUT2D eigenvalue weighted by Gasteiger charge is 2.53. The molecule has 160 valence electrons. The number of sulfonamides is 1. The Hall–Kier alpha value is -2.33. The summed E-state index contributed by atoms with van der Waals surface area (Å²) in [5, 5.41) is 0.0574. The first-order chi connectivity index (χ1) is 14.1. The van der Waals surface area contributed by atoms with Gasteiger partial charge in [0.1, 0.15) is 23.7 Å². The second-order valence-corrected chi connectivity index (χ2v) is 9.07. The Kier molecular flexibility index (Phi) is 6.28. The first-order valence-electron chi connectivity index (χ1n) is 8.86. The summed E-state index contributed by atoms with van der Waals surface area (Å²) in [7, 11) is -4.79. The van der Waals surface area contributed by atoms with Crippen molar-refractivity contribution in [1.29, 1.82) is 0 Å². The minimum Gasteiger partial charge on any atom is -0.456 e. The third-order valence-electron chi connectivity index (χ3n) is 4.58. The summed E-state index contributed by atoms with van der Waals surface area (Å²) in [5.74, 6) is -1.25.